The normalized spacial score (nSPS) is 15.2. The first-order chi connectivity index (χ1) is 13.0. The number of hydrogen-bond donors (Lipinski definition) is 2. The molecule has 0 radical (unpaired) electrons. The number of aryl methyl sites for hydroxylation is 2. The van der Waals surface area contributed by atoms with Crippen molar-refractivity contribution in [2.45, 2.75) is 65.5 Å². The molecule has 0 spiro atoms. The fourth-order valence-corrected chi connectivity index (χ4v) is 3.76. The van der Waals surface area contributed by atoms with Gasteiger partial charge in [-0.15, -0.1) is 0 Å². The van der Waals surface area contributed by atoms with Crippen molar-refractivity contribution in [1.29, 1.82) is 0 Å². The molecule has 2 N–H and O–H groups in total. The van der Waals surface area contributed by atoms with Gasteiger partial charge < -0.3 is 5.32 Å². The van der Waals surface area contributed by atoms with E-state index in [-0.39, 0.29) is 0 Å². The second-order valence-electron chi connectivity index (χ2n) is 7.41. The van der Waals surface area contributed by atoms with E-state index < -0.39 is 0 Å². The van der Waals surface area contributed by atoms with Gasteiger partial charge in [-0.05, 0) is 51.4 Å². The predicted molar refractivity (Wildman–Crippen MR) is 115 cm³/mol. The van der Waals surface area contributed by atoms with E-state index in [2.05, 4.69) is 59.1 Å². The van der Waals surface area contributed by atoms with Crippen LogP contribution in [-0.2, 0) is 6.54 Å². The van der Waals surface area contributed by atoms with Gasteiger partial charge in [0.2, 0.25) is 0 Å². The van der Waals surface area contributed by atoms with Gasteiger partial charge >= 0.3 is 0 Å². The Balaban J connectivity index is 1.59. The fourth-order valence-electron chi connectivity index (χ4n) is 3.54. The lowest BCUT2D eigenvalue weighted by molar-refractivity contribution is 0.412. The molecule has 0 aliphatic heterocycles. The van der Waals surface area contributed by atoms with Gasteiger partial charge in [-0.2, -0.15) is 10.2 Å². The van der Waals surface area contributed by atoms with Crippen molar-refractivity contribution >= 4 is 23.5 Å². The Kier molecular flexibility index (Phi) is 6.61. The molecule has 1 saturated carbocycles. The minimum atomic E-state index is 0.481. The molecule has 3 rings (SSSR count). The second kappa shape index (κ2) is 9.13. The van der Waals surface area contributed by atoms with Gasteiger partial charge in [0, 0.05) is 17.3 Å². The van der Waals surface area contributed by atoms with Crippen LogP contribution in [-0.4, -0.2) is 27.1 Å². The molecule has 1 aliphatic rings. The molecular formula is C21H29N5S. The zero-order valence-corrected chi connectivity index (χ0v) is 17.3. The Labute approximate surface area is 167 Å². The minimum Gasteiger partial charge on any atom is -0.359 e. The van der Waals surface area contributed by atoms with Crippen LogP contribution in [0.4, 0.5) is 0 Å². The van der Waals surface area contributed by atoms with Gasteiger partial charge in [0.15, 0.2) is 5.11 Å². The topological polar surface area (TPSA) is 54.2 Å². The third-order valence-electron chi connectivity index (χ3n) is 5.19. The number of rotatable bonds is 5. The maximum absolute atomic E-state index is 5.36. The Morgan fingerprint density at radius 2 is 1.89 bits per heavy atom. The first kappa shape index (κ1) is 19.5. The molecule has 0 atom stereocenters. The van der Waals surface area contributed by atoms with Crippen molar-refractivity contribution in [2.75, 3.05) is 0 Å². The van der Waals surface area contributed by atoms with Crippen LogP contribution in [0.25, 0.3) is 0 Å². The van der Waals surface area contributed by atoms with Crippen LogP contribution in [0.3, 0.4) is 0 Å². The zero-order valence-electron chi connectivity index (χ0n) is 16.5. The molecule has 0 saturated heterocycles. The fraction of sp³-hybridized carbons (Fsp3) is 0.476. The highest BCUT2D eigenvalue weighted by Crippen LogP contribution is 2.17. The third kappa shape index (κ3) is 5.39. The first-order valence-electron chi connectivity index (χ1n) is 9.72. The number of nitrogens with one attached hydrogen (secondary N) is 2. The van der Waals surface area contributed by atoms with E-state index in [1.165, 1.54) is 43.2 Å². The molecule has 1 fully saturated rings. The van der Waals surface area contributed by atoms with E-state index in [1.807, 2.05) is 17.8 Å². The molecule has 27 heavy (non-hydrogen) atoms. The molecule has 1 aromatic carbocycles. The summed E-state index contributed by atoms with van der Waals surface area (Å²) in [6.45, 7) is 6.95. The minimum absolute atomic E-state index is 0.481. The maximum Gasteiger partial charge on any atom is 0.187 e. The van der Waals surface area contributed by atoms with E-state index in [0.29, 0.717) is 11.2 Å². The van der Waals surface area contributed by atoms with Crippen LogP contribution in [0, 0.1) is 20.8 Å². The molecule has 0 amide bonds. The Hall–Kier alpha value is -2.21. The van der Waals surface area contributed by atoms with Crippen molar-refractivity contribution in [3.8, 4) is 0 Å². The van der Waals surface area contributed by atoms with Gasteiger partial charge in [0.1, 0.15) is 0 Å². The summed E-state index contributed by atoms with van der Waals surface area (Å²) in [6.07, 6.45) is 8.09. The number of hydrazone groups is 1. The Morgan fingerprint density at radius 3 is 2.59 bits per heavy atom. The first-order valence-corrected chi connectivity index (χ1v) is 10.1. The highest BCUT2D eigenvalue weighted by atomic mass is 32.1. The molecule has 1 aromatic heterocycles. The number of hydrogen-bond acceptors (Lipinski definition) is 3. The second-order valence-corrected chi connectivity index (χ2v) is 7.81. The molecule has 1 heterocycles. The molecular weight excluding hydrogens is 354 g/mol. The van der Waals surface area contributed by atoms with Gasteiger partial charge in [-0.3, -0.25) is 10.1 Å². The summed E-state index contributed by atoms with van der Waals surface area (Å²) in [4.78, 5) is 0. The summed E-state index contributed by atoms with van der Waals surface area (Å²) < 4.78 is 2.03. The highest BCUT2D eigenvalue weighted by Gasteiger charge is 2.14. The average Bonchev–Trinajstić information content (AvgIpc) is 2.92. The van der Waals surface area contributed by atoms with Crippen LogP contribution < -0.4 is 10.7 Å². The van der Waals surface area contributed by atoms with Crippen molar-refractivity contribution in [3.63, 3.8) is 0 Å². The largest absolute Gasteiger partial charge is 0.359 e. The van der Waals surface area contributed by atoms with Gasteiger partial charge in [0.25, 0.3) is 0 Å². The van der Waals surface area contributed by atoms with Gasteiger partial charge in [-0.25, -0.2) is 0 Å². The van der Waals surface area contributed by atoms with Crippen molar-refractivity contribution < 1.29 is 0 Å². The third-order valence-corrected chi connectivity index (χ3v) is 5.40. The van der Waals surface area contributed by atoms with E-state index in [4.69, 9.17) is 12.2 Å². The summed E-state index contributed by atoms with van der Waals surface area (Å²) in [5, 5.41) is 13.0. The van der Waals surface area contributed by atoms with Crippen LogP contribution in [0.2, 0.25) is 0 Å². The summed E-state index contributed by atoms with van der Waals surface area (Å²) >= 11 is 5.36. The molecule has 0 unspecified atom stereocenters. The summed E-state index contributed by atoms with van der Waals surface area (Å²) in [5.74, 6) is 0. The number of aromatic nitrogens is 2. The SMILES string of the molecule is Cc1ccc(Cn2nc(C)c(/C=N/NC(=S)NC3CCCCC3)c2C)cc1. The smallest absolute Gasteiger partial charge is 0.187 e. The maximum atomic E-state index is 5.36. The Bertz CT molecular complexity index is 801. The standard InChI is InChI=1S/C21H29N5S/c1-15-9-11-18(12-10-15)14-26-17(3)20(16(2)25-26)13-22-24-21(27)23-19-7-5-4-6-8-19/h9-13,19H,4-8,14H2,1-3H3,(H2,23,24,27)/b22-13+. The zero-order chi connectivity index (χ0) is 19.2. The summed E-state index contributed by atoms with van der Waals surface area (Å²) in [6, 6.07) is 9.04. The van der Waals surface area contributed by atoms with E-state index in [1.54, 1.807) is 0 Å². The molecule has 6 heteroatoms. The van der Waals surface area contributed by atoms with Crippen molar-refractivity contribution in [2.24, 2.45) is 5.10 Å². The highest BCUT2D eigenvalue weighted by molar-refractivity contribution is 7.80. The molecule has 5 nitrogen and oxygen atoms in total. The lowest BCUT2D eigenvalue weighted by atomic mass is 9.96. The van der Waals surface area contributed by atoms with Crippen LogP contribution in [0.15, 0.2) is 29.4 Å². The number of benzene rings is 1. The quantitative estimate of drug-likeness (QED) is 0.466. The van der Waals surface area contributed by atoms with Gasteiger partial charge in [0.05, 0.1) is 18.5 Å². The molecule has 1 aliphatic carbocycles. The van der Waals surface area contributed by atoms with Crippen LogP contribution in [0.5, 0.6) is 0 Å². The van der Waals surface area contributed by atoms with E-state index in [9.17, 15) is 0 Å². The van der Waals surface area contributed by atoms with E-state index >= 15 is 0 Å². The Morgan fingerprint density at radius 1 is 1.19 bits per heavy atom. The van der Waals surface area contributed by atoms with Crippen molar-refractivity contribution in [1.82, 2.24) is 20.5 Å². The average molecular weight is 384 g/mol. The number of thiocarbonyl (C=S) groups is 1. The molecule has 2 aromatic rings. The lowest BCUT2D eigenvalue weighted by Gasteiger charge is -2.23. The molecule has 144 valence electrons. The lowest BCUT2D eigenvalue weighted by Crippen LogP contribution is -2.40. The van der Waals surface area contributed by atoms with Crippen LogP contribution in [0.1, 0.15) is 60.2 Å². The van der Waals surface area contributed by atoms with Crippen molar-refractivity contribution in [3.05, 3.63) is 52.3 Å². The number of nitrogens with zero attached hydrogens (tertiary/aromatic N) is 3. The van der Waals surface area contributed by atoms with Gasteiger partial charge in [-0.1, -0.05) is 49.1 Å². The molecule has 0 bridgehead atoms. The van der Waals surface area contributed by atoms with E-state index in [0.717, 1.165) is 23.5 Å². The summed E-state index contributed by atoms with van der Waals surface area (Å²) in [7, 11) is 0. The summed E-state index contributed by atoms with van der Waals surface area (Å²) in [5.41, 5.74) is 8.57. The predicted octanol–water partition coefficient (Wildman–Crippen LogP) is 3.99. The van der Waals surface area contributed by atoms with Crippen LogP contribution >= 0.6 is 12.2 Å². The monoisotopic (exact) mass is 383 g/mol.